The first kappa shape index (κ1) is 14.8. The molecule has 2 nitrogen and oxygen atoms in total. The van der Waals surface area contributed by atoms with E-state index < -0.39 is 0 Å². The molecule has 0 bridgehead atoms. The molecule has 0 unspecified atom stereocenters. The third-order valence-electron chi connectivity index (χ3n) is 4.34. The summed E-state index contributed by atoms with van der Waals surface area (Å²) in [6.07, 6.45) is 13.9. The van der Waals surface area contributed by atoms with E-state index in [1.54, 1.807) is 0 Å². The summed E-state index contributed by atoms with van der Waals surface area (Å²) in [5.41, 5.74) is 3.85. The summed E-state index contributed by atoms with van der Waals surface area (Å²) in [5, 5.41) is 0. The van der Waals surface area contributed by atoms with Gasteiger partial charge in [0.15, 0.2) is 12.4 Å². The SMILES string of the molecule is C[n+]1ccc(/C=C/c2ccc(N3CCCCCC3)cc2)cc1. The van der Waals surface area contributed by atoms with E-state index in [0.29, 0.717) is 0 Å². The molecule has 1 fully saturated rings. The highest BCUT2D eigenvalue weighted by Crippen LogP contribution is 2.20. The number of pyridine rings is 1. The first-order valence-electron chi connectivity index (χ1n) is 8.30. The second-order valence-electron chi connectivity index (χ2n) is 6.12. The Balaban J connectivity index is 1.67. The molecule has 0 aliphatic carbocycles. The Hall–Kier alpha value is -2.09. The van der Waals surface area contributed by atoms with Crippen molar-refractivity contribution in [2.75, 3.05) is 18.0 Å². The van der Waals surface area contributed by atoms with Crippen molar-refractivity contribution in [1.82, 2.24) is 0 Å². The van der Waals surface area contributed by atoms with Gasteiger partial charge in [-0.25, -0.2) is 4.57 Å². The van der Waals surface area contributed by atoms with E-state index in [2.05, 4.69) is 65.8 Å². The molecule has 114 valence electrons. The Kier molecular flexibility index (Phi) is 4.89. The largest absolute Gasteiger partial charge is 0.372 e. The molecule has 1 aliphatic heterocycles. The number of aromatic nitrogens is 1. The number of nitrogens with zero attached hydrogens (tertiary/aromatic N) is 2. The quantitative estimate of drug-likeness (QED) is 0.774. The van der Waals surface area contributed by atoms with Crippen LogP contribution in [0.15, 0.2) is 48.8 Å². The van der Waals surface area contributed by atoms with Crippen molar-refractivity contribution in [3.63, 3.8) is 0 Å². The minimum absolute atomic E-state index is 1.20. The van der Waals surface area contributed by atoms with Crippen LogP contribution in [0, 0.1) is 0 Å². The van der Waals surface area contributed by atoms with E-state index in [0.717, 1.165) is 0 Å². The molecule has 1 saturated heterocycles. The lowest BCUT2D eigenvalue weighted by Crippen LogP contribution is -2.25. The van der Waals surface area contributed by atoms with Gasteiger partial charge in [0.05, 0.1) is 0 Å². The van der Waals surface area contributed by atoms with E-state index >= 15 is 0 Å². The highest BCUT2D eigenvalue weighted by atomic mass is 15.1. The smallest absolute Gasteiger partial charge is 0.169 e. The van der Waals surface area contributed by atoms with Crippen LogP contribution < -0.4 is 9.47 Å². The van der Waals surface area contributed by atoms with E-state index in [9.17, 15) is 0 Å². The van der Waals surface area contributed by atoms with Gasteiger partial charge in [0.2, 0.25) is 0 Å². The van der Waals surface area contributed by atoms with Crippen LogP contribution in [-0.4, -0.2) is 13.1 Å². The molecule has 2 aromatic rings. The summed E-state index contributed by atoms with van der Waals surface area (Å²) in [6, 6.07) is 13.2. The van der Waals surface area contributed by atoms with Crippen molar-refractivity contribution in [2.24, 2.45) is 7.05 Å². The highest BCUT2D eigenvalue weighted by molar-refractivity contribution is 5.70. The summed E-state index contributed by atoms with van der Waals surface area (Å²) < 4.78 is 2.05. The van der Waals surface area contributed by atoms with Crippen molar-refractivity contribution in [3.8, 4) is 0 Å². The van der Waals surface area contributed by atoms with Gasteiger partial charge in [0.1, 0.15) is 7.05 Å². The normalized spacial score (nSPS) is 16.0. The number of anilines is 1. The van der Waals surface area contributed by atoms with Gasteiger partial charge in [-0.05, 0) is 36.1 Å². The van der Waals surface area contributed by atoms with E-state index in [1.165, 1.54) is 55.6 Å². The predicted molar refractivity (Wildman–Crippen MR) is 93.7 cm³/mol. The molecule has 3 rings (SSSR count). The summed E-state index contributed by atoms with van der Waals surface area (Å²) in [7, 11) is 2.04. The van der Waals surface area contributed by atoms with Gasteiger partial charge in [0, 0.05) is 30.9 Å². The van der Waals surface area contributed by atoms with E-state index in [1.807, 2.05) is 11.6 Å². The zero-order valence-electron chi connectivity index (χ0n) is 13.4. The third kappa shape index (κ3) is 3.97. The molecule has 2 heterocycles. The molecule has 0 amide bonds. The number of aryl methyl sites for hydroxylation is 1. The molecule has 0 saturated carbocycles. The van der Waals surface area contributed by atoms with Crippen LogP contribution in [0.5, 0.6) is 0 Å². The summed E-state index contributed by atoms with van der Waals surface area (Å²) in [5.74, 6) is 0. The first-order valence-corrected chi connectivity index (χ1v) is 8.30. The third-order valence-corrected chi connectivity index (χ3v) is 4.34. The van der Waals surface area contributed by atoms with E-state index in [-0.39, 0.29) is 0 Å². The van der Waals surface area contributed by atoms with Crippen molar-refractivity contribution < 1.29 is 4.57 Å². The average Bonchev–Trinajstić information content (AvgIpc) is 2.84. The molecule has 22 heavy (non-hydrogen) atoms. The monoisotopic (exact) mass is 293 g/mol. The molecule has 0 N–H and O–H groups in total. The van der Waals surface area contributed by atoms with Crippen LogP contribution >= 0.6 is 0 Å². The minimum atomic E-state index is 1.20. The topological polar surface area (TPSA) is 7.12 Å². The van der Waals surface area contributed by atoms with Crippen LogP contribution in [-0.2, 0) is 7.05 Å². The maximum Gasteiger partial charge on any atom is 0.169 e. The van der Waals surface area contributed by atoms with Gasteiger partial charge in [-0.15, -0.1) is 0 Å². The fourth-order valence-corrected chi connectivity index (χ4v) is 2.94. The maximum atomic E-state index is 2.53. The van der Waals surface area contributed by atoms with Crippen LogP contribution in [0.2, 0.25) is 0 Å². The Morgan fingerprint density at radius 2 is 1.32 bits per heavy atom. The lowest BCUT2D eigenvalue weighted by Gasteiger charge is -2.22. The van der Waals surface area contributed by atoms with Gasteiger partial charge in [-0.3, -0.25) is 0 Å². The lowest BCUT2D eigenvalue weighted by atomic mass is 10.1. The molecular weight excluding hydrogens is 268 g/mol. The molecule has 0 atom stereocenters. The summed E-state index contributed by atoms with van der Waals surface area (Å²) in [6.45, 7) is 2.41. The zero-order chi connectivity index (χ0) is 15.2. The molecular formula is C20H25N2+. The number of benzene rings is 1. The van der Waals surface area contributed by atoms with Crippen LogP contribution in [0.4, 0.5) is 5.69 Å². The predicted octanol–water partition coefficient (Wildman–Crippen LogP) is 4.06. The summed E-state index contributed by atoms with van der Waals surface area (Å²) in [4.78, 5) is 2.53. The Labute approximate surface area is 133 Å². The van der Waals surface area contributed by atoms with Crippen molar-refractivity contribution >= 4 is 17.8 Å². The van der Waals surface area contributed by atoms with Crippen molar-refractivity contribution in [1.29, 1.82) is 0 Å². The Morgan fingerprint density at radius 3 is 1.91 bits per heavy atom. The highest BCUT2D eigenvalue weighted by Gasteiger charge is 2.09. The number of hydrogen-bond donors (Lipinski definition) is 0. The second-order valence-corrected chi connectivity index (χ2v) is 6.12. The Morgan fingerprint density at radius 1 is 0.773 bits per heavy atom. The zero-order valence-corrected chi connectivity index (χ0v) is 13.4. The average molecular weight is 293 g/mol. The molecule has 0 spiro atoms. The number of rotatable bonds is 3. The van der Waals surface area contributed by atoms with Gasteiger partial charge < -0.3 is 4.90 Å². The molecule has 1 aliphatic rings. The van der Waals surface area contributed by atoms with Gasteiger partial charge in [-0.2, -0.15) is 0 Å². The second kappa shape index (κ2) is 7.26. The van der Waals surface area contributed by atoms with Crippen molar-refractivity contribution in [3.05, 3.63) is 59.9 Å². The van der Waals surface area contributed by atoms with Crippen LogP contribution in [0.25, 0.3) is 12.2 Å². The maximum absolute atomic E-state index is 2.53. The summed E-state index contributed by atoms with van der Waals surface area (Å²) >= 11 is 0. The Bertz CT molecular complexity index is 603. The molecule has 1 aromatic carbocycles. The van der Waals surface area contributed by atoms with E-state index in [4.69, 9.17) is 0 Å². The lowest BCUT2D eigenvalue weighted by molar-refractivity contribution is -0.671. The first-order chi connectivity index (χ1) is 10.8. The number of hydrogen-bond acceptors (Lipinski definition) is 1. The van der Waals surface area contributed by atoms with Gasteiger partial charge in [0.25, 0.3) is 0 Å². The molecule has 1 aromatic heterocycles. The molecule has 0 radical (unpaired) electrons. The van der Waals surface area contributed by atoms with Gasteiger partial charge >= 0.3 is 0 Å². The minimum Gasteiger partial charge on any atom is -0.372 e. The van der Waals surface area contributed by atoms with Crippen molar-refractivity contribution in [2.45, 2.75) is 25.7 Å². The van der Waals surface area contributed by atoms with Crippen LogP contribution in [0.1, 0.15) is 36.8 Å². The van der Waals surface area contributed by atoms with Crippen LogP contribution in [0.3, 0.4) is 0 Å². The fraction of sp³-hybridized carbons (Fsp3) is 0.350. The molecule has 2 heteroatoms. The fourth-order valence-electron chi connectivity index (χ4n) is 2.94. The van der Waals surface area contributed by atoms with Gasteiger partial charge in [-0.1, -0.05) is 37.1 Å². The standard InChI is InChI=1S/C20H25N2/c1-21-16-12-19(13-17-21)7-6-18-8-10-20(11-9-18)22-14-4-2-3-5-15-22/h6-13,16-17H,2-5,14-15H2,1H3/q+1.